The molecular formula is C21H20BrNO6. The lowest BCUT2D eigenvalue weighted by atomic mass is 9.99. The second-order valence-electron chi connectivity index (χ2n) is 6.03. The molecule has 0 aliphatic heterocycles. The number of hydrogen-bond acceptors (Lipinski definition) is 6. The molecule has 29 heavy (non-hydrogen) atoms. The van der Waals surface area contributed by atoms with Crippen molar-refractivity contribution in [1.82, 2.24) is 4.98 Å². The van der Waals surface area contributed by atoms with Crippen LogP contribution in [0.4, 0.5) is 0 Å². The van der Waals surface area contributed by atoms with Gasteiger partial charge in [-0.2, -0.15) is 0 Å². The number of H-pyrrole nitrogens is 1. The molecule has 0 radical (unpaired) electrons. The molecule has 0 bridgehead atoms. The molecule has 0 fully saturated rings. The zero-order chi connectivity index (χ0) is 21.1. The van der Waals surface area contributed by atoms with Crippen molar-refractivity contribution in [3.63, 3.8) is 0 Å². The minimum atomic E-state index is -0.601. The highest BCUT2D eigenvalue weighted by Crippen LogP contribution is 2.39. The van der Waals surface area contributed by atoms with Gasteiger partial charge in [-0.1, -0.05) is 15.9 Å². The van der Waals surface area contributed by atoms with Crippen LogP contribution in [0.2, 0.25) is 0 Å². The van der Waals surface area contributed by atoms with Gasteiger partial charge >= 0.3 is 5.97 Å². The summed E-state index contributed by atoms with van der Waals surface area (Å²) in [6, 6.07) is 8.49. The molecule has 0 unspecified atom stereocenters. The van der Waals surface area contributed by atoms with Gasteiger partial charge in [-0.3, -0.25) is 4.79 Å². The third-order valence-electron chi connectivity index (χ3n) is 4.39. The first-order chi connectivity index (χ1) is 13.9. The minimum absolute atomic E-state index is 0.0960. The van der Waals surface area contributed by atoms with Gasteiger partial charge in [0, 0.05) is 20.9 Å². The van der Waals surface area contributed by atoms with Gasteiger partial charge in [-0.05, 0) is 37.3 Å². The molecule has 1 heterocycles. The highest BCUT2D eigenvalue weighted by molar-refractivity contribution is 9.10. The van der Waals surface area contributed by atoms with Crippen LogP contribution >= 0.6 is 15.9 Å². The summed E-state index contributed by atoms with van der Waals surface area (Å²) in [4.78, 5) is 29.0. The van der Waals surface area contributed by atoms with E-state index in [1.165, 1.54) is 21.3 Å². The fourth-order valence-electron chi connectivity index (χ4n) is 3.11. The van der Waals surface area contributed by atoms with Gasteiger partial charge in [0.05, 0.1) is 33.5 Å². The number of benzene rings is 2. The first kappa shape index (κ1) is 20.7. The number of hydrogen-bond donors (Lipinski definition) is 1. The molecule has 7 nitrogen and oxygen atoms in total. The van der Waals surface area contributed by atoms with Gasteiger partial charge in [0.15, 0.2) is 17.3 Å². The van der Waals surface area contributed by atoms with Crippen LogP contribution in [0.3, 0.4) is 0 Å². The summed E-state index contributed by atoms with van der Waals surface area (Å²) in [5.41, 5.74) is 1.24. The van der Waals surface area contributed by atoms with Gasteiger partial charge in [0.25, 0.3) is 0 Å². The van der Waals surface area contributed by atoms with E-state index in [2.05, 4.69) is 20.9 Å². The van der Waals surface area contributed by atoms with E-state index in [4.69, 9.17) is 18.9 Å². The number of nitrogens with one attached hydrogen (secondary N) is 1. The monoisotopic (exact) mass is 461 g/mol. The van der Waals surface area contributed by atoms with Crippen molar-refractivity contribution in [3.8, 4) is 17.2 Å². The molecule has 3 aromatic rings. The summed E-state index contributed by atoms with van der Waals surface area (Å²) >= 11 is 3.42. The molecule has 0 spiro atoms. The minimum Gasteiger partial charge on any atom is -0.493 e. The van der Waals surface area contributed by atoms with E-state index < -0.39 is 5.97 Å². The van der Waals surface area contributed by atoms with E-state index in [-0.39, 0.29) is 29.2 Å². The maximum atomic E-state index is 13.5. The molecule has 0 aliphatic carbocycles. The Labute approximate surface area is 176 Å². The Bertz CT molecular complexity index is 1060. The Morgan fingerprint density at radius 3 is 2.21 bits per heavy atom. The van der Waals surface area contributed by atoms with Gasteiger partial charge in [-0.25, -0.2) is 4.79 Å². The van der Waals surface area contributed by atoms with Crippen molar-refractivity contribution in [2.45, 2.75) is 6.92 Å². The SMILES string of the molecule is CCOC(=O)c1[nH]c2ccc(Br)cc2c1C(=O)c1cc(OC)c(OC)c(OC)c1. The van der Waals surface area contributed by atoms with Crippen molar-refractivity contribution in [1.29, 1.82) is 0 Å². The van der Waals surface area contributed by atoms with Crippen LogP contribution in [0.15, 0.2) is 34.8 Å². The Morgan fingerprint density at radius 1 is 1.00 bits per heavy atom. The molecule has 0 saturated heterocycles. The number of methoxy groups -OCH3 is 3. The second-order valence-corrected chi connectivity index (χ2v) is 6.94. The Hall–Kier alpha value is -3.00. The fraction of sp³-hybridized carbons (Fsp3) is 0.238. The molecule has 3 rings (SSSR count). The van der Waals surface area contributed by atoms with Crippen LogP contribution in [0.5, 0.6) is 17.2 Å². The predicted molar refractivity (Wildman–Crippen MR) is 111 cm³/mol. The lowest BCUT2D eigenvalue weighted by Crippen LogP contribution is -2.12. The third kappa shape index (κ3) is 3.80. The molecule has 8 heteroatoms. The van der Waals surface area contributed by atoms with Gasteiger partial charge in [-0.15, -0.1) is 0 Å². The second kappa shape index (κ2) is 8.57. The van der Waals surface area contributed by atoms with Crippen LogP contribution in [0.25, 0.3) is 10.9 Å². The van der Waals surface area contributed by atoms with Gasteiger partial charge < -0.3 is 23.9 Å². The normalized spacial score (nSPS) is 10.7. The number of ketones is 1. The van der Waals surface area contributed by atoms with Gasteiger partial charge in [0.2, 0.25) is 5.75 Å². The fourth-order valence-corrected chi connectivity index (χ4v) is 3.47. The van der Waals surface area contributed by atoms with E-state index in [0.717, 1.165) is 4.47 Å². The average molecular weight is 462 g/mol. The molecule has 0 aliphatic rings. The number of aromatic amines is 1. The summed E-state index contributed by atoms with van der Waals surface area (Å²) in [5, 5.41) is 0.598. The number of ether oxygens (including phenoxy) is 4. The Kier molecular flexibility index (Phi) is 6.12. The largest absolute Gasteiger partial charge is 0.493 e. The van der Waals surface area contributed by atoms with Crippen molar-refractivity contribution >= 4 is 38.6 Å². The summed E-state index contributed by atoms with van der Waals surface area (Å²) in [6.07, 6.45) is 0. The zero-order valence-corrected chi connectivity index (χ0v) is 18.0. The molecule has 0 amide bonds. The molecule has 0 atom stereocenters. The molecule has 152 valence electrons. The first-order valence-corrected chi connectivity index (χ1v) is 9.57. The molecule has 1 aromatic heterocycles. The number of fused-ring (bicyclic) bond motifs is 1. The maximum Gasteiger partial charge on any atom is 0.355 e. The summed E-state index contributed by atoms with van der Waals surface area (Å²) in [6.45, 7) is 1.90. The van der Waals surface area contributed by atoms with Crippen LogP contribution in [0, 0.1) is 0 Å². The number of carbonyl (C=O) groups is 2. The number of halogens is 1. The smallest absolute Gasteiger partial charge is 0.355 e. The lowest BCUT2D eigenvalue weighted by molar-refractivity contribution is 0.0518. The van der Waals surface area contributed by atoms with Crippen LogP contribution in [0.1, 0.15) is 33.3 Å². The van der Waals surface area contributed by atoms with Crippen molar-refractivity contribution in [2.75, 3.05) is 27.9 Å². The molecule has 2 aromatic carbocycles. The maximum absolute atomic E-state index is 13.5. The number of carbonyl (C=O) groups excluding carboxylic acids is 2. The third-order valence-corrected chi connectivity index (χ3v) is 4.89. The Morgan fingerprint density at radius 2 is 1.66 bits per heavy atom. The summed E-state index contributed by atoms with van der Waals surface area (Å²) in [5.74, 6) is 0.0777. The Balaban J connectivity index is 2.24. The van der Waals surface area contributed by atoms with Crippen molar-refractivity contribution in [3.05, 3.63) is 51.6 Å². The van der Waals surface area contributed by atoms with Crippen LogP contribution in [-0.4, -0.2) is 44.7 Å². The lowest BCUT2D eigenvalue weighted by Gasteiger charge is -2.14. The quantitative estimate of drug-likeness (QED) is 0.415. The van der Waals surface area contributed by atoms with E-state index in [1.54, 1.807) is 31.2 Å². The number of aromatic nitrogens is 1. The first-order valence-electron chi connectivity index (χ1n) is 8.78. The van der Waals surface area contributed by atoms with Gasteiger partial charge in [0.1, 0.15) is 5.69 Å². The average Bonchev–Trinajstić information content (AvgIpc) is 3.10. The van der Waals surface area contributed by atoms with E-state index >= 15 is 0 Å². The zero-order valence-electron chi connectivity index (χ0n) is 16.4. The van der Waals surface area contributed by atoms with E-state index in [1.807, 2.05) is 6.07 Å². The molecular weight excluding hydrogens is 442 g/mol. The number of rotatable bonds is 7. The van der Waals surface area contributed by atoms with Crippen molar-refractivity contribution < 1.29 is 28.5 Å². The summed E-state index contributed by atoms with van der Waals surface area (Å²) < 4.78 is 21.9. The van der Waals surface area contributed by atoms with Crippen LogP contribution < -0.4 is 14.2 Å². The predicted octanol–water partition coefficient (Wildman–Crippen LogP) is 4.36. The molecule has 0 saturated carbocycles. The molecule has 1 N–H and O–H groups in total. The van der Waals surface area contributed by atoms with E-state index in [0.29, 0.717) is 28.2 Å². The van der Waals surface area contributed by atoms with Crippen LogP contribution in [-0.2, 0) is 4.74 Å². The van der Waals surface area contributed by atoms with Crippen molar-refractivity contribution in [2.24, 2.45) is 0 Å². The summed E-state index contributed by atoms with van der Waals surface area (Å²) in [7, 11) is 4.43. The van der Waals surface area contributed by atoms with E-state index in [9.17, 15) is 9.59 Å². The highest BCUT2D eigenvalue weighted by atomic mass is 79.9. The standard InChI is InChI=1S/C21H20BrNO6/c1-5-29-21(25)18-17(13-10-12(22)6-7-14(13)23-18)19(24)11-8-15(26-2)20(28-4)16(9-11)27-3/h6-10,23H,5H2,1-4H3. The highest BCUT2D eigenvalue weighted by Gasteiger charge is 2.27. The number of esters is 1. The topological polar surface area (TPSA) is 86.9 Å².